The van der Waals surface area contributed by atoms with E-state index in [0.717, 1.165) is 38.9 Å². The highest BCUT2D eigenvalue weighted by atomic mass is 16.2. The van der Waals surface area contributed by atoms with E-state index in [1.165, 1.54) is 0 Å². The van der Waals surface area contributed by atoms with Gasteiger partial charge in [0, 0.05) is 45.5 Å². The molecular weight excluding hydrogens is 294 g/mol. The van der Waals surface area contributed by atoms with Crippen LogP contribution in [-0.2, 0) is 11.3 Å². The number of amides is 2. The summed E-state index contributed by atoms with van der Waals surface area (Å²) in [6, 6.07) is 1.34. The molecule has 2 aliphatic heterocycles. The lowest BCUT2D eigenvalue weighted by Gasteiger charge is -2.37. The van der Waals surface area contributed by atoms with Gasteiger partial charge < -0.3 is 15.1 Å². The Morgan fingerprint density at radius 1 is 1.30 bits per heavy atom. The summed E-state index contributed by atoms with van der Waals surface area (Å²) in [5.41, 5.74) is 0.577. The van der Waals surface area contributed by atoms with Crippen LogP contribution in [0, 0.1) is 0 Å². The van der Waals surface area contributed by atoms with Crippen LogP contribution in [-0.4, -0.2) is 70.2 Å². The van der Waals surface area contributed by atoms with Crippen LogP contribution in [0.3, 0.4) is 0 Å². The summed E-state index contributed by atoms with van der Waals surface area (Å²) in [4.78, 5) is 29.3. The summed E-state index contributed by atoms with van der Waals surface area (Å²) in [5.74, 6) is -0.0143. The van der Waals surface area contributed by atoms with E-state index < -0.39 is 6.04 Å². The molecule has 2 aliphatic rings. The first kappa shape index (κ1) is 16.0. The van der Waals surface area contributed by atoms with Crippen LogP contribution in [0.15, 0.2) is 12.3 Å². The van der Waals surface area contributed by atoms with E-state index in [4.69, 9.17) is 0 Å². The van der Waals surface area contributed by atoms with Gasteiger partial charge in [-0.2, -0.15) is 5.10 Å². The standard InChI is InChI=1S/C16H25N5O2/c1-2-8-21-13(5-6-18-21)16(23)20-11-7-17-12-14(20)15(22)19-9-3-4-10-19/h5-6,14,17H,2-4,7-12H2,1H3/t14-/m1/s1. The summed E-state index contributed by atoms with van der Waals surface area (Å²) in [5, 5.41) is 7.47. The number of hydrogen-bond donors (Lipinski definition) is 1. The molecule has 0 unspecified atom stereocenters. The molecule has 7 heteroatoms. The van der Waals surface area contributed by atoms with Crippen LogP contribution in [0.5, 0.6) is 0 Å². The Bertz CT molecular complexity index is 565. The van der Waals surface area contributed by atoms with E-state index in [2.05, 4.69) is 17.3 Å². The van der Waals surface area contributed by atoms with E-state index >= 15 is 0 Å². The molecule has 3 rings (SSSR count). The van der Waals surface area contributed by atoms with Crippen LogP contribution in [0.4, 0.5) is 0 Å². The maximum Gasteiger partial charge on any atom is 0.272 e. The maximum absolute atomic E-state index is 13.0. The third-order valence-electron chi connectivity index (χ3n) is 4.58. The summed E-state index contributed by atoms with van der Waals surface area (Å²) < 4.78 is 1.74. The van der Waals surface area contributed by atoms with E-state index in [1.807, 2.05) is 4.90 Å². The molecular formula is C16H25N5O2. The Morgan fingerprint density at radius 3 is 2.83 bits per heavy atom. The number of hydrogen-bond acceptors (Lipinski definition) is 4. The van der Waals surface area contributed by atoms with Gasteiger partial charge in [-0.3, -0.25) is 14.3 Å². The van der Waals surface area contributed by atoms with Crippen LogP contribution in [0.1, 0.15) is 36.7 Å². The van der Waals surface area contributed by atoms with Gasteiger partial charge in [-0.25, -0.2) is 0 Å². The van der Waals surface area contributed by atoms with Crippen molar-refractivity contribution in [1.82, 2.24) is 24.9 Å². The number of aryl methyl sites for hydroxylation is 1. The van der Waals surface area contributed by atoms with E-state index in [0.29, 0.717) is 25.3 Å². The number of nitrogens with one attached hydrogen (secondary N) is 1. The van der Waals surface area contributed by atoms with Crippen molar-refractivity contribution in [2.24, 2.45) is 0 Å². The van der Waals surface area contributed by atoms with Gasteiger partial charge >= 0.3 is 0 Å². The van der Waals surface area contributed by atoms with Gasteiger partial charge in [0.25, 0.3) is 5.91 Å². The molecule has 0 aromatic carbocycles. The van der Waals surface area contributed by atoms with E-state index in [-0.39, 0.29) is 11.8 Å². The van der Waals surface area contributed by atoms with Gasteiger partial charge in [0.05, 0.1) is 0 Å². The van der Waals surface area contributed by atoms with Crippen molar-refractivity contribution in [3.8, 4) is 0 Å². The van der Waals surface area contributed by atoms with Gasteiger partial charge in [-0.15, -0.1) is 0 Å². The highest BCUT2D eigenvalue weighted by molar-refractivity contribution is 5.96. The number of aromatic nitrogens is 2. The maximum atomic E-state index is 13.0. The van der Waals surface area contributed by atoms with Crippen LogP contribution in [0.2, 0.25) is 0 Å². The Kier molecular flexibility index (Phi) is 4.95. The minimum absolute atomic E-state index is 0.0737. The summed E-state index contributed by atoms with van der Waals surface area (Å²) in [6.45, 7) is 6.20. The lowest BCUT2D eigenvalue weighted by Crippen LogP contribution is -2.60. The third kappa shape index (κ3) is 3.24. The predicted molar refractivity (Wildman–Crippen MR) is 86.0 cm³/mol. The largest absolute Gasteiger partial charge is 0.341 e. The molecule has 0 saturated carbocycles. The average molecular weight is 319 g/mol. The SMILES string of the molecule is CCCn1nccc1C(=O)N1CCNC[C@@H]1C(=O)N1CCCC1. The topological polar surface area (TPSA) is 70.5 Å². The molecule has 1 aromatic rings. The minimum atomic E-state index is -0.403. The highest BCUT2D eigenvalue weighted by Crippen LogP contribution is 2.16. The van der Waals surface area contributed by atoms with Crippen molar-refractivity contribution in [3.63, 3.8) is 0 Å². The minimum Gasteiger partial charge on any atom is -0.341 e. The number of carbonyl (C=O) groups is 2. The first-order chi connectivity index (χ1) is 11.2. The average Bonchev–Trinajstić information content (AvgIpc) is 3.25. The van der Waals surface area contributed by atoms with E-state index in [9.17, 15) is 9.59 Å². The lowest BCUT2D eigenvalue weighted by atomic mass is 10.1. The molecule has 2 amide bonds. The fourth-order valence-corrected chi connectivity index (χ4v) is 3.37. The second-order valence-electron chi connectivity index (χ2n) is 6.19. The van der Waals surface area contributed by atoms with Crippen LogP contribution >= 0.6 is 0 Å². The Balaban J connectivity index is 1.78. The molecule has 7 nitrogen and oxygen atoms in total. The molecule has 0 radical (unpaired) electrons. The van der Waals surface area contributed by atoms with Crippen molar-refractivity contribution in [1.29, 1.82) is 0 Å². The normalized spacial score (nSPS) is 21.7. The molecule has 2 saturated heterocycles. The molecule has 0 spiro atoms. The number of carbonyl (C=O) groups excluding carboxylic acids is 2. The van der Waals surface area contributed by atoms with Crippen molar-refractivity contribution in [2.45, 2.75) is 38.8 Å². The smallest absolute Gasteiger partial charge is 0.272 e. The van der Waals surface area contributed by atoms with Gasteiger partial charge in [0.2, 0.25) is 5.91 Å². The first-order valence-electron chi connectivity index (χ1n) is 8.54. The van der Waals surface area contributed by atoms with Gasteiger partial charge in [-0.1, -0.05) is 6.92 Å². The van der Waals surface area contributed by atoms with Crippen LogP contribution in [0.25, 0.3) is 0 Å². The van der Waals surface area contributed by atoms with Gasteiger partial charge in [0.1, 0.15) is 11.7 Å². The molecule has 0 bridgehead atoms. The third-order valence-corrected chi connectivity index (χ3v) is 4.58. The van der Waals surface area contributed by atoms with Crippen molar-refractivity contribution in [2.75, 3.05) is 32.7 Å². The monoisotopic (exact) mass is 319 g/mol. The molecule has 1 N–H and O–H groups in total. The summed E-state index contributed by atoms with van der Waals surface area (Å²) >= 11 is 0. The Labute approximate surface area is 136 Å². The number of nitrogens with zero attached hydrogens (tertiary/aromatic N) is 4. The molecule has 1 atom stereocenters. The Hall–Kier alpha value is -1.89. The Morgan fingerprint density at radius 2 is 2.09 bits per heavy atom. The number of rotatable bonds is 4. The summed E-state index contributed by atoms with van der Waals surface area (Å²) in [7, 11) is 0. The molecule has 126 valence electrons. The zero-order valence-corrected chi connectivity index (χ0v) is 13.7. The van der Waals surface area contributed by atoms with Crippen molar-refractivity contribution in [3.05, 3.63) is 18.0 Å². The van der Waals surface area contributed by atoms with Gasteiger partial charge in [0.15, 0.2) is 0 Å². The summed E-state index contributed by atoms with van der Waals surface area (Å²) in [6.07, 6.45) is 4.69. The highest BCUT2D eigenvalue weighted by Gasteiger charge is 2.36. The predicted octanol–water partition coefficient (Wildman–Crippen LogP) is 0.330. The molecule has 3 heterocycles. The zero-order valence-electron chi connectivity index (χ0n) is 13.7. The fraction of sp³-hybridized carbons (Fsp3) is 0.688. The second-order valence-corrected chi connectivity index (χ2v) is 6.19. The zero-order chi connectivity index (χ0) is 16.2. The van der Waals surface area contributed by atoms with Crippen LogP contribution < -0.4 is 5.32 Å². The molecule has 2 fully saturated rings. The number of piperazine rings is 1. The quantitative estimate of drug-likeness (QED) is 0.868. The van der Waals surface area contributed by atoms with Crippen molar-refractivity contribution < 1.29 is 9.59 Å². The second kappa shape index (κ2) is 7.12. The number of likely N-dealkylation sites (tertiary alicyclic amines) is 1. The molecule has 1 aromatic heterocycles. The van der Waals surface area contributed by atoms with Crippen molar-refractivity contribution >= 4 is 11.8 Å². The van der Waals surface area contributed by atoms with Gasteiger partial charge in [-0.05, 0) is 25.3 Å². The first-order valence-corrected chi connectivity index (χ1v) is 8.54. The molecule has 0 aliphatic carbocycles. The molecule has 23 heavy (non-hydrogen) atoms. The van der Waals surface area contributed by atoms with E-state index in [1.54, 1.807) is 21.8 Å². The fourth-order valence-electron chi connectivity index (χ4n) is 3.37. The lowest BCUT2D eigenvalue weighted by molar-refractivity contribution is -0.135.